The predicted molar refractivity (Wildman–Crippen MR) is 74.6 cm³/mol. The monoisotopic (exact) mass is 288 g/mol. The second-order valence-corrected chi connectivity index (χ2v) is 6.40. The van der Waals surface area contributed by atoms with Crippen molar-refractivity contribution >= 4 is 21.5 Å². The number of anilines is 2. The smallest absolute Gasteiger partial charge is 0.158 e. The number of nitrogen functional groups attached to an aromatic ring is 1. The minimum atomic E-state index is -2.92. The van der Waals surface area contributed by atoms with Crippen LogP contribution in [0.15, 0.2) is 6.07 Å². The summed E-state index contributed by atoms with van der Waals surface area (Å²) in [7, 11) is -2.92. The van der Waals surface area contributed by atoms with Gasteiger partial charge in [-0.15, -0.1) is 0 Å². The molecular formula is C11H20N4O3S. The van der Waals surface area contributed by atoms with E-state index in [1.807, 2.05) is 6.92 Å². The van der Waals surface area contributed by atoms with E-state index in [0.29, 0.717) is 43.6 Å². The Morgan fingerprint density at radius 3 is 2.79 bits per heavy atom. The summed E-state index contributed by atoms with van der Waals surface area (Å²) in [6.07, 6.45) is 1.74. The number of nitrogens with zero attached hydrogens (tertiary/aromatic N) is 2. The summed E-state index contributed by atoms with van der Waals surface area (Å²) in [5, 5.41) is 3.02. The largest absolute Gasteiger partial charge is 0.384 e. The van der Waals surface area contributed by atoms with E-state index >= 15 is 0 Å². The molecule has 0 atom stereocenters. The number of nitrogens with one attached hydrogen (secondary N) is 1. The third-order valence-electron chi connectivity index (χ3n) is 2.23. The van der Waals surface area contributed by atoms with Gasteiger partial charge in [-0.2, -0.15) is 0 Å². The molecule has 8 heteroatoms. The first-order valence-corrected chi connectivity index (χ1v) is 8.09. The van der Waals surface area contributed by atoms with Crippen LogP contribution in [0.1, 0.15) is 19.2 Å². The fraction of sp³-hybridized carbons (Fsp3) is 0.636. The van der Waals surface area contributed by atoms with Crippen LogP contribution in [-0.2, 0) is 21.2 Å². The molecule has 1 heterocycles. The topological polar surface area (TPSA) is 107 Å². The van der Waals surface area contributed by atoms with Crippen LogP contribution in [0.25, 0.3) is 0 Å². The summed E-state index contributed by atoms with van der Waals surface area (Å²) < 4.78 is 27.2. The molecule has 0 aliphatic heterocycles. The first-order chi connectivity index (χ1) is 8.90. The molecule has 0 aromatic carbocycles. The van der Waals surface area contributed by atoms with Gasteiger partial charge in [0.25, 0.3) is 0 Å². The van der Waals surface area contributed by atoms with Crippen molar-refractivity contribution in [3.05, 3.63) is 11.9 Å². The molecule has 1 aromatic heterocycles. The van der Waals surface area contributed by atoms with Crippen molar-refractivity contribution in [1.82, 2.24) is 9.97 Å². The van der Waals surface area contributed by atoms with Crippen molar-refractivity contribution in [2.45, 2.75) is 20.0 Å². The number of hydrogen-bond donors (Lipinski definition) is 2. The molecule has 0 saturated heterocycles. The highest BCUT2D eigenvalue weighted by atomic mass is 32.2. The molecule has 1 aromatic rings. The Morgan fingerprint density at radius 2 is 2.16 bits per heavy atom. The number of sulfone groups is 1. The Labute approximate surface area is 113 Å². The van der Waals surface area contributed by atoms with Crippen molar-refractivity contribution < 1.29 is 13.2 Å². The van der Waals surface area contributed by atoms with E-state index in [4.69, 9.17) is 10.5 Å². The minimum absolute atomic E-state index is 0.145. The molecule has 0 bridgehead atoms. The number of ether oxygens (including phenoxy) is 1. The van der Waals surface area contributed by atoms with Gasteiger partial charge in [0.15, 0.2) is 5.82 Å². The fourth-order valence-corrected chi connectivity index (χ4v) is 2.09. The van der Waals surface area contributed by atoms with Crippen molar-refractivity contribution in [1.29, 1.82) is 0 Å². The molecule has 19 heavy (non-hydrogen) atoms. The van der Waals surface area contributed by atoms with Gasteiger partial charge >= 0.3 is 0 Å². The Bertz CT molecular complexity index is 505. The first kappa shape index (κ1) is 15.6. The molecule has 0 spiro atoms. The molecule has 0 saturated carbocycles. The van der Waals surface area contributed by atoms with Crippen LogP contribution < -0.4 is 11.1 Å². The van der Waals surface area contributed by atoms with Gasteiger partial charge in [-0.05, 0) is 13.3 Å². The van der Waals surface area contributed by atoms with Gasteiger partial charge in [0, 0.05) is 25.5 Å². The maximum absolute atomic E-state index is 11.0. The first-order valence-electron chi connectivity index (χ1n) is 6.03. The lowest BCUT2D eigenvalue weighted by atomic mass is 10.4. The molecule has 0 aliphatic carbocycles. The van der Waals surface area contributed by atoms with Crippen LogP contribution in [0.3, 0.4) is 0 Å². The highest BCUT2D eigenvalue weighted by Gasteiger charge is 2.04. The van der Waals surface area contributed by atoms with E-state index in [1.165, 1.54) is 6.26 Å². The molecule has 0 aliphatic rings. The van der Waals surface area contributed by atoms with Gasteiger partial charge in [-0.1, -0.05) is 0 Å². The number of rotatable bonds is 8. The number of aromatic nitrogens is 2. The van der Waals surface area contributed by atoms with Gasteiger partial charge in [0.2, 0.25) is 0 Å². The van der Waals surface area contributed by atoms with Crippen LogP contribution in [0, 0.1) is 0 Å². The highest BCUT2D eigenvalue weighted by molar-refractivity contribution is 7.90. The quantitative estimate of drug-likeness (QED) is 0.668. The normalized spacial score (nSPS) is 11.5. The van der Waals surface area contributed by atoms with Gasteiger partial charge in [0.05, 0.1) is 5.75 Å². The lowest BCUT2D eigenvalue weighted by Gasteiger charge is -2.08. The average molecular weight is 288 g/mol. The Kier molecular flexibility index (Phi) is 5.97. The predicted octanol–water partition coefficient (Wildman–Crippen LogP) is 0.442. The highest BCUT2D eigenvalue weighted by Crippen LogP contribution is 2.09. The summed E-state index contributed by atoms with van der Waals surface area (Å²) in [6, 6.07) is 1.61. The molecule has 108 valence electrons. The van der Waals surface area contributed by atoms with Crippen LogP contribution >= 0.6 is 0 Å². The van der Waals surface area contributed by atoms with Crippen molar-refractivity contribution in [2.24, 2.45) is 0 Å². The maximum atomic E-state index is 11.0. The zero-order valence-corrected chi connectivity index (χ0v) is 12.0. The van der Waals surface area contributed by atoms with Crippen molar-refractivity contribution in [3.8, 4) is 0 Å². The summed E-state index contributed by atoms with van der Waals surface area (Å²) >= 11 is 0. The zero-order valence-electron chi connectivity index (χ0n) is 11.2. The van der Waals surface area contributed by atoms with Gasteiger partial charge in [0.1, 0.15) is 28.1 Å². The van der Waals surface area contributed by atoms with Crippen molar-refractivity contribution in [3.63, 3.8) is 0 Å². The third-order valence-corrected chi connectivity index (χ3v) is 3.26. The maximum Gasteiger partial charge on any atom is 0.158 e. The Balaban J connectivity index is 2.51. The molecular weight excluding hydrogens is 268 g/mol. The summed E-state index contributed by atoms with van der Waals surface area (Å²) in [6.45, 7) is 3.28. The summed E-state index contributed by atoms with van der Waals surface area (Å²) in [5.74, 6) is 1.59. The second kappa shape index (κ2) is 7.25. The Morgan fingerprint density at radius 1 is 1.42 bits per heavy atom. The van der Waals surface area contributed by atoms with Gasteiger partial charge in [-0.25, -0.2) is 18.4 Å². The van der Waals surface area contributed by atoms with Gasteiger partial charge in [-0.3, -0.25) is 0 Å². The summed E-state index contributed by atoms with van der Waals surface area (Å²) in [4.78, 5) is 8.27. The van der Waals surface area contributed by atoms with Crippen LogP contribution in [0.2, 0.25) is 0 Å². The molecule has 3 N–H and O–H groups in total. The second-order valence-electron chi connectivity index (χ2n) is 4.14. The van der Waals surface area contributed by atoms with Gasteiger partial charge < -0.3 is 15.8 Å². The third kappa shape index (κ3) is 6.92. The lowest BCUT2D eigenvalue weighted by Crippen LogP contribution is -2.12. The summed E-state index contributed by atoms with van der Waals surface area (Å²) in [5.41, 5.74) is 5.66. The SMILES string of the molecule is CCOCc1nc(N)cc(NCCCS(C)(=O)=O)n1. The minimum Gasteiger partial charge on any atom is -0.384 e. The lowest BCUT2D eigenvalue weighted by molar-refractivity contribution is 0.128. The van der Waals surface area contributed by atoms with E-state index < -0.39 is 9.84 Å². The van der Waals surface area contributed by atoms with Crippen LogP contribution in [0.5, 0.6) is 0 Å². The molecule has 0 fully saturated rings. The van der Waals surface area contributed by atoms with Crippen LogP contribution in [0.4, 0.5) is 11.6 Å². The zero-order chi connectivity index (χ0) is 14.3. The van der Waals surface area contributed by atoms with E-state index in [-0.39, 0.29) is 5.75 Å². The molecule has 0 radical (unpaired) electrons. The number of nitrogens with two attached hydrogens (primary N) is 1. The average Bonchev–Trinajstić information content (AvgIpc) is 2.30. The van der Waals surface area contributed by atoms with E-state index in [9.17, 15) is 8.42 Å². The van der Waals surface area contributed by atoms with E-state index in [1.54, 1.807) is 6.07 Å². The fourth-order valence-electron chi connectivity index (χ4n) is 1.42. The van der Waals surface area contributed by atoms with E-state index in [2.05, 4.69) is 15.3 Å². The van der Waals surface area contributed by atoms with Crippen molar-refractivity contribution in [2.75, 3.05) is 36.2 Å². The molecule has 1 rings (SSSR count). The Hall–Kier alpha value is -1.41. The molecule has 0 amide bonds. The van der Waals surface area contributed by atoms with Crippen LogP contribution in [-0.4, -0.2) is 43.5 Å². The number of hydrogen-bond acceptors (Lipinski definition) is 7. The molecule has 7 nitrogen and oxygen atoms in total. The standard InChI is InChI=1S/C11H20N4O3S/c1-3-18-8-11-14-9(12)7-10(15-11)13-5-4-6-19(2,16)17/h7H,3-6,8H2,1-2H3,(H3,12,13,14,15). The van der Waals surface area contributed by atoms with E-state index in [0.717, 1.165) is 0 Å². The molecule has 0 unspecified atom stereocenters.